The Morgan fingerprint density at radius 2 is 0.968 bits per heavy atom. The van der Waals surface area contributed by atoms with Crippen LogP contribution in [0.1, 0.15) is 22.3 Å². The lowest BCUT2D eigenvalue weighted by molar-refractivity contribution is 0.768. The highest BCUT2D eigenvalue weighted by Crippen LogP contribution is 2.58. The zero-order valence-electron chi connectivity index (χ0n) is 33.6. The zero-order chi connectivity index (χ0) is 40.8. The van der Waals surface area contributed by atoms with Gasteiger partial charge in [0, 0.05) is 47.0 Å². The summed E-state index contributed by atoms with van der Waals surface area (Å²) in [5, 5.41) is 7.79. The van der Waals surface area contributed by atoms with Crippen molar-refractivity contribution < 1.29 is 0 Å². The minimum Gasteiger partial charge on any atom is -0.309 e. The molecule has 290 valence electrons. The van der Waals surface area contributed by atoms with Gasteiger partial charge in [-0.25, -0.2) is 0 Å². The molecular weight excluding hydrogens is 787 g/mol. The zero-order valence-corrected chi connectivity index (χ0v) is 35.3. The van der Waals surface area contributed by atoms with Crippen molar-refractivity contribution >= 4 is 90.9 Å². The number of nitrogens with zero attached hydrogens (tertiary/aromatic N) is 1. The molecule has 10 aromatic carbocycles. The van der Waals surface area contributed by atoms with Crippen LogP contribution in [-0.4, -0.2) is 0 Å². The molecular formula is C59H37NS2. The van der Waals surface area contributed by atoms with Crippen molar-refractivity contribution in [1.29, 1.82) is 0 Å². The van der Waals surface area contributed by atoms with E-state index < -0.39 is 5.41 Å². The van der Waals surface area contributed by atoms with Crippen LogP contribution in [0.15, 0.2) is 224 Å². The van der Waals surface area contributed by atoms with Crippen LogP contribution in [0, 0.1) is 0 Å². The van der Waals surface area contributed by atoms with Crippen LogP contribution >= 0.6 is 22.7 Å². The summed E-state index contributed by atoms with van der Waals surface area (Å²) in [7, 11) is 0. The van der Waals surface area contributed by atoms with E-state index in [0.29, 0.717) is 0 Å². The van der Waals surface area contributed by atoms with Crippen LogP contribution in [0.3, 0.4) is 0 Å². The Morgan fingerprint density at radius 1 is 0.339 bits per heavy atom. The largest absolute Gasteiger partial charge is 0.309 e. The Hall–Kier alpha value is -7.30. The van der Waals surface area contributed by atoms with Gasteiger partial charge in [-0.15, -0.1) is 22.7 Å². The molecule has 13 rings (SSSR count). The molecule has 0 N–H and O–H groups in total. The van der Waals surface area contributed by atoms with E-state index in [1.54, 1.807) is 0 Å². The first-order valence-electron chi connectivity index (χ1n) is 21.2. The molecule has 0 bridgehead atoms. The molecule has 3 heteroatoms. The van der Waals surface area contributed by atoms with Gasteiger partial charge in [0.15, 0.2) is 0 Å². The summed E-state index contributed by atoms with van der Waals surface area (Å²) in [6, 6.07) is 83.6. The van der Waals surface area contributed by atoms with Gasteiger partial charge in [-0.3, -0.25) is 0 Å². The second kappa shape index (κ2) is 13.9. The highest BCUT2D eigenvalue weighted by atomic mass is 32.1. The van der Waals surface area contributed by atoms with Crippen LogP contribution in [-0.2, 0) is 5.41 Å². The fourth-order valence-corrected chi connectivity index (χ4v) is 12.8. The smallest absolute Gasteiger partial charge is 0.0714 e. The lowest BCUT2D eigenvalue weighted by atomic mass is 9.67. The van der Waals surface area contributed by atoms with Gasteiger partial charge in [0.2, 0.25) is 0 Å². The summed E-state index contributed by atoms with van der Waals surface area (Å²) in [4.78, 5) is 2.50. The third-order valence-electron chi connectivity index (χ3n) is 13.1. The number of benzene rings is 10. The van der Waals surface area contributed by atoms with E-state index in [2.05, 4.69) is 229 Å². The Balaban J connectivity index is 1.05. The Labute approximate surface area is 368 Å². The first-order valence-corrected chi connectivity index (χ1v) is 22.9. The molecule has 0 radical (unpaired) electrons. The summed E-state index contributed by atoms with van der Waals surface area (Å²) in [5.41, 5.74) is 13.0. The van der Waals surface area contributed by atoms with Gasteiger partial charge in [-0.05, 0) is 104 Å². The van der Waals surface area contributed by atoms with Gasteiger partial charge in [-0.1, -0.05) is 176 Å². The Kier molecular flexibility index (Phi) is 7.93. The molecule has 62 heavy (non-hydrogen) atoms. The molecule has 0 amide bonds. The van der Waals surface area contributed by atoms with Crippen molar-refractivity contribution in [3.05, 3.63) is 247 Å². The number of rotatable bonds is 6. The van der Waals surface area contributed by atoms with E-state index in [0.717, 1.165) is 11.4 Å². The van der Waals surface area contributed by atoms with E-state index >= 15 is 0 Å². The SMILES string of the molecule is c1ccc(C2(c3ccccc3)c3ccccc3-c3ccc(N(c4ccc(-c5ccc6sc7ccccc7c6c5)cc4)c4cccc5c4sc4c6ccccc6ccc54)cc32)cc1. The fraction of sp³-hybridized carbons (Fsp3) is 0.0169. The summed E-state index contributed by atoms with van der Waals surface area (Å²) < 4.78 is 5.26. The maximum Gasteiger partial charge on any atom is 0.0714 e. The maximum atomic E-state index is 2.50. The number of fused-ring (bicyclic) bond motifs is 11. The van der Waals surface area contributed by atoms with Gasteiger partial charge < -0.3 is 4.90 Å². The maximum absolute atomic E-state index is 2.50. The van der Waals surface area contributed by atoms with Crippen molar-refractivity contribution in [3.63, 3.8) is 0 Å². The monoisotopic (exact) mass is 823 g/mol. The van der Waals surface area contributed by atoms with E-state index in [4.69, 9.17) is 0 Å². The van der Waals surface area contributed by atoms with Crippen molar-refractivity contribution in [3.8, 4) is 22.3 Å². The topological polar surface area (TPSA) is 3.24 Å². The third kappa shape index (κ3) is 5.19. The van der Waals surface area contributed by atoms with Gasteiger partial charge >= 0.3 is 0 Å². The van der Waals surface area contributed by atoms with Crippen LogP contribution < -0.4 is 4.90 Å². The summed E-state index contributed by atoms with van der Waals surface area (Å²) in [6.07, 6.45) is 0. The van der Waals surface area contributed by atoms with Crippen LogP contribution in [0.25, 0.3) is 73.4 Å². The number of hydrogen-bond acceptors (Lipinski definition) is 3. The van der Waals surface area contributed by atoms with Crippen molar-refractivity contribution in [1.82, 2.24) is 0 Å². The molecule has 0 spiro atoms. The number of hydrogen-bond donors (Lipinski definition) is 0. The second-order valence-corrected chi connectivity index (χ2v) is 18.5. The minimum absolute atomic E-state index is 0.507. The average molecular weight is 824 g/mol. The van der Waals surface area contributed by atoms with E-state index in [-0.39, 0.29) is 0 Å². The van der Waals surface area contributed by atoms with Gasteiger partial charge in [-0.2, -0.15) is 0 Å². The normalized spacial score (nSPS) is 13.0. The summed E-state index contributed by atoms with van der Waals surface area (Å²) in [5.74, 6) is 0. The molecule has 0 saturated heterocycles. The van der Waals surface area contributed by atoms with Crippen LogP contribution in [0.2, 0.25) is 0 Å². The fourth-order valence-electron chi connectivity index (χ4n) is 10.4. The average Bonchev–Trinajstić information content (AvgIpc) is 4.01. The molecule has 12 aromatic rings. The summed E-state index contributed by atoms with van der Waals surface area (Å²) >= 11 is 3.77. The number of thiophene rings is 2. The molecule has 1 nitrogen and oxygen atoms in total. The lowest BCUT2D eigenvalue weighted by Gasteiger charge is -2.35. The Morgan fingerprint density at radius 3 is 1.79 bits per heavy atom. The van der Waals surface area contributed by atoms with Crippen molar-refractivity contribution in [2.45, 2.75) is 5.41 Å². The molecule has 2 heterocycles. The Bertz CT molecular complexity index is 3650. The first kappa shape index (κ1) is 35.5. The molecule has 0 aliphatic heterocycles. The molecule has 1 aliphatic rings. The van der Waals surface area contributed by atoms with E-state index in [1.807, 2.05) is 22.7 Å². The lowest BCUT2D eigenvalue weighted by Crippen LogP contribution is -2.28. The molecule has 2 aromatic heterocycles. The van der Waals surface area contributed by atoms with Crippen molar-refractivity contribution in [2.75, 3.05) is 4.90 Å². The summed E-state index contributed by atoms with van der Waals surface area (Å²) in [6.45, 7) is 0. The molecule has 1 aliphatic carbocycles. The number of anilines is 3. The molecule has 0 atom stereocenters. The second-order valence-electron chi connectivity index (χ2n) is 16.4. The van der Waals surface area contributed by atoms with E-state index in [1.165, 1.54) is 101 Å². The van der Waals surface area contributed by atoms with E-state index in [9.17, 15) is 0 Å². The highest BCUT2D eigenvalue weighted by molar-refractivity contribution is 7.27. The van der Waals surface area contributed by atoms with Gasteiger partial charge in [0.05, 0.1) is 15.8 Å². The van der Waals surface area contributed by atoms with Crippen LogP contribution in [0.5, 0.6) is 0 Å². The minimum atomic E-state index is -0.507. The molecule has 0 saturated carbocycles. The predicted octanol–water partition coefficient (Wildman–Crippen LogP) is 17.1. The van der Waals surface area contributed by atoms with Gasteiger partial charge in [0.25, 0.3) is 0 Å². The predicted molar refractivity (Wildman–Crippen MR) is 267 cm³/mol. The highest BCUT2D eigenvalue weighted by Gasteiger charge is 2.46. The first-order chi connectivity index (χ1) is 30.7. The van der Waals surface area contributed by atoms with Crippen molar-refractivity contribution in [2.24, 2.45) is 0 Å². The molecule has 0 fully saturated rings. The standard InChI is InChI=1S/C59H37NS2/c1-3-15-41(16-4-1)59(42-17-5-2-6-18-42)52-23-11-9-20-46(52)47-34-32-44(37-53(47)59)60(54-24-13-22-49-50-33-28-39-14-7-8-19-45(39)57(50)62-58(49)54)43-30-26-38(27-31-43)40-29-35-56-51(36-40)48-21-10-12-25-55(48)61-56/h1-37H. The molecule has 0 unspecified atom stereocenters. The van der Waals surface area contributed by atoms with Gasteiger partial charge in [0.1, 0.15) is 0 Å². The third-order valence-corrected chi connectivity index (χ3v) is 15.6. The quantitative estimate of drug-likeness (QED) is 0.161. The van der Waals surface area contributed by atoms with Crippen LogP contribution in [0.4, 0.5) is 17.1 Å².